The van der Waals surface area contributed by atoms with E-state index < -0.39 is 5.54 Å². The Bertz CT molecular complexity index is 599. The maximum Gasteiger partial charge on any atom is 0.251 e. The van der Waals surface area contributed by atoms with Crippen LogP contribution in [0.5, 0.6) is 0 Å². The van der Waals surface area contributed by atoms with Gasteiger partial charge in [0.2, 0.25) is 0 Å². The van der Waals surface area contributed by atoms with Gasteiger partial charge in [-0.15, -0.1) is 5.10 Å². The van der Waals surface area contributed by atoms with Crippen molar-refractivity contribution in [3.8, 4) is 5.69 Å². The molecule has 0 saturated carbocycles. The van der Waals surface area contributed by atoms with Crippen molar-refractivity contribution in [3.63, 3.8) is 0 Å². The molecule has 1 heterocycles. The van der Waals surface area contributed by atoms with Crippen LogP contribution in [0.2, 0.25) is 0 Å². The highest BCUT2D eigenvalue weighted by molar-refractivity contribution is 5.95. The number of nitrogens with one attached hydrogen (secondary N) is 1. The first-order chi connectivity index (χ1) is 10.1. The van der Waals surface area contributed by atoms with Crippen molar-refractivity contribution >= 4 is 5.91 Å². The molecule has 0 fully saturated rings. The summed E-state index contributed by atoms with van der Waals surface area (Å²) < 4.78 is 1.49. The SMILES string of the molecule is CCC(C)(CCO)NC(=O)c1cccc(-n2cnnn2)c1. The minimum Gasteiger partial charge on any atom is -0.396 e. The highest BCUT2D eigenvalue weighted by Gasteiger charge is 2.24. The van der Waals surface area contributed by atoms with E-state index in [4.69, 9.17) is 5.11 Å². The zero-order valence-corrected chi connectivity index (χ0v) is 12.2. The minimum absolute atomic E-state index is 0.0370. The Balaban J connectivity index is 2.18. The lowest BCUT2D eigenvalue weighted by Crippen LogP contribution is -2.46. The van der Waals surface area contributed by atoms with Crippen LogP contribution in [0.4, 0.5) is 0 Å². The average Bonchev–Trinajstić information content (AvgIpc) is 3.02. The van der Waals surface area contributed by atoms with E-state index in [1.165, 1.54) is 11.0 Å². The van der Waals surface area contributed by atoms with Crippen LogP contribution in [0.15, 0.2) is 30.6 Å². The number of rotatable bonds is 6. The van der Waals surface area contributed by atoms with Gasteiger partial charge in [-0.25, -0.2) is 4.68 Å². The number of carbonyl (C=O) groups excluding carboxylic acids is 1. The van der Waals surface area contributed by atoms with Crippen molar-refractivity contribution < 1.29 is 9.90 Å². The largest absolute Gasteiger partial charge is 0.396 e. The number of hydrogen-bond acceptors (Lipinski definition) is 5. The molecule has 0 aliphatic heterocycles. The molecule has 112 valence electrons. The van der Waals surface area contributed by atoms with Crippen LogP contribution in [0, 0.1) is 0 Å². The molecule has 7 nitrogen and oxygen atoms in total. The molecule has 0 aliphatic rings. The molecule has 2 rings (SSSR count). The van der Waals surface area contributed by atoms with Crippen molar-refractivity contribution in [1.29, 1.82) is 0 Å². The molecule has 0 spiro atoms. The van der Waals surface area contributed by atoms with Gasteiger partial charge in [-0.05, 0) is 48.4 Å². The molecule has 2 N–H and O–H groups in total. The van der Waals surface area contributed by atoms with E-state index >= 15 is 0 Å². The van der Waals surface area contributed by atoms with Gasteiger partial charge in [-0.3, -0.25) is 4.79 Å². The molecule has 1 unspecified atom stereocenters. The van der Waals surface area contributed by atoms with Crippen molar-refractivity contribution in [2.45, 2.75) is 32.2 Å². The highest BCUT2D eigenvalue weighted by atomic mass is 16.3. The maximum atomic E-state index is 12.4. The summed E-state index contributed by atoms with van der Waals surface area (Å²) in [6.45, 7) is 3.94. The van der Waals surface area contributed by atoms with E-state index in [0.717, 1.165) is 6.42 Å². The standard InChI is InChI=1S/C14H19N5O2/c1-3-14(2,7-8-20)16-13(21)11-5-4-6-12(9-11)19-10-15-17-18-19/h4-6,9-10,20H,3,7-8H2,1-2H3,(H,16,21). The Morgan fingerprint density at radius 3 is 2.90 bits per heavy atom. The second-order valence-corrected chi connectivity index (χ2v) is 5.15. The Kier molecular flexibility index (Phi) is 4.64. The van der Waals surface area contributed by atoms with Crippen LogP contribution < -0.4 is 5.32 Å². The summed E-state index contributed by atoms with van der Waals surface area (Å²) in [5.74, 6) is -0.178. The summed E-state index contributed by atoms with van der Waals surface area (Å²) in [6.07, 6.45) is 2.73. The van der Waals surface area contributed by atoms with Gasteiger partial charge < -0.3 is 10.4 Å². The molecule has 1 atom stereocenters. The van der Waals surface area contributed by atoms with Gasteiger partial charge in [0, 0.05) is 17.7 Å². The highest BCUT2D eigenvalue weighted by Crippen LogP contribution is 2.16. The Morgan fingerprint density at radius 2 is 2.29 bits per heavy atom. The first-order valence-corrected chi connectivity index (χ1v) is 6.85. The third-order valence-electron chi connectivity index (χ3n) is 3.58. The van der Waals surface area contributed by atoms with E-state index in [0.29, 0.717) is 17.7 Å². The van der Waals surface area contributed by atoms with Gasteiger partial charge in [-0.1, -0.05) is 13.0 Å². The first-order valence-electron chi connectivity index (χ1n) is 6.85. The van der Waals surface area contributed by atoms with Crippen molar-refractivity contribution in [2.24, 2.45) is 0 Å². The summed E-state index contributed by atoms with van der Waals surface area (Å²) in [6, 6.07) is 7.06. The smallest absolute Gasteiger partial charge is 0.251 e. The fraction of sp³-hybridized carbons (Fsp3) is 0.429. The van der Waals surface area contributed by atoms with Crippen molar-refractivity contribution in [2.75, 3.05) is 6.61 Å². The molecule has 7 heteroatoms. The molecule has 21 heavy (non-hydrogen) atoms. The lowest BCUT2D eigenvalue weighted by molar-refractivity contribution is 0.0886. The summed E-state index contributed by atoms with van der Waals surface area (Å²) in [5.41, 5.74) is 0.824. The van der Waals surface area contributed by atoms with Gasteiger partial charge in [0.15, 0.2) is 0 Å². The average molecular weight is 289 g/mol. The second kappa shape index (κ2) is 6.45. The topological polar surface area (TPSA) is 92.9 Å². The van der Waals surface area contributed by atoms with E-state index in [1.54, 1.807) is 18.2 Å². The van der Waals surface area contributed by atoms with Gasteiger partial charge >= 0.3 is 0 Å². The van der Waals surface area contributed by atoms with Gasteiger partial charge in [-0.2, -0.15) is 0 Å². The summed E-state index contributed by atoms with van der Waals surface area (Å²) in [7, 11) is 0. The number of aliphatic hydroxyl groups excluding tert-OH is 1. The van der Waals surface area contributed by atoms with Crippen LogP contribution >= 0.6 is 0 Å². The van der Waals surface area contributed by atoms with E-state index in [1.807, 2.05) is 19.9 Å². The minimum atomic E-state index is -0.420. The number of hydrogen-bond donors (Lipinski definition) is 2. The number of aliphatic hydroxyl groups is 1. The normalized spacial score (nSPS) is 13.7. The molecule has 1 amide bonds. The van der Waals surface area contributed by atoms with Crippen LogP contribution in [-0.2, 0) is 0 Å². The lowest BCUT2D eigenvalue weighted by Gasteiger charge is -2.29. The number of aromatic nitrogens is 4. The fourth-order valence-corrected chi connectivity index (χ4v) is 1.99. The number of benzene rings is 1. The quantitative estimate of drug-likeness (QED) is 0.825. The molecular formula is C14H19N5O2. The Morgan fingerprint density at radius 1 is 1.48 bits per heavy atom. The molecule has 1 aromatic carbocycles. The van der Waals surface area contributed by atoms with E-state index in [-0.39, 0.29) is 12.5 Å². The Hall–Kier alpha value is -2.28. The molecule has 1 aromatic heterocycles. The first kappa shape index (κ1) is 15.1. The Labute approximate surface area is 123 Å². The third kappa shape index (κ3) is 3.63. The second-order valence-electron chi connectivity index (χ2n) is 5.15. The van der Waals surface area contributed by atoms with Crippen LogP contribution in [0.25, 0.3) is 5.69 Å². The van der Waals surface area contributed by atoms with E-state index in [9.17, 15) is 4.79 Å². The summed E-state index contributed by atoms with van der Waals surface area (Å²) in [4.78, 5) is 12.4. The fourth-order valence-electron chi connectivity index (χ4n) is 1.99. The summed E-state index contributed by atoms with van der Waals surface area (Å²) >= 11 is 0. The van der Waals surface area contributed by atoms with E-state index in [2.05, 4.69) is 20.8 Å². The van der Waals surface area contributed by atoms with Crippen LogP contribution in [0.3, 0.4) is 0 Å². The number of nitrogens with zero attached hydrogens (tertiary/aromatic N) is 4. The molecule has 0 radical (unpaired) electrons. The molecule has 0 saturated heterocycles. The van der Waals surface area contributed by atoms with Gasteiger partial charge in [0.25, 0.3) is 5.91 Å². The predicted octanol–water partition coefficient (Wildman–Crippen LogP) is 0.943. The maximum absolute atomic E-state index is 12.4. The monoisotopic (exact) mass is 289 g/mol. The number of tetrazole rings is 1. The van der Waals surface area contributed by atoms with Gasteiger partial charge in [0.1, 0.15) is 6.33 Å². The molecular weight excluding hydrogens is 270 g/mol. The van der Waals surface area contributed by atoms with Crippen molar-refractivity contribution in [3.05, 3.63) is 36.2 Å². The number of carbonyl (C=O) groups is 1. The van der Waals surface area contributed by atoms with Crippen LogP contribution in [-0.4, -0.2) is 43.4 Å². The van der Waals surface area contributed by atoms with Crippen LogP contribution in [0.1, 0.15) is 37.0 Å². The third-order valence-corrected chi connectivity index (χ3v) is 3.58. The zero-order valence-electron chi connectivity index (χ0n) is 12.2. The zero-order chi connectivity index (χ0) is 15.3. The molecule has 2 aromatic rings. The number of amides is 1. The molecule has 0 aliphatic carbocycles. The molecule has 0 bridgehead atoms. The van der Waals surface area contributed by atoms with Gasteiger partial charge in [0.05, 0.1) is 5.69 Å². The summed E-state index contributed by atoms with van der Waals surface area (Å²) in [5, 5.41) is 23.0. The van der Waals surface area contributed by atoms with Crippen molar-refractivity contribution in [1.82, 2.24) is 25.5 Å². The lowest BCUT2D eigenvalue weighted by atomic mass is 9.94. The predicted molar refractivity (Wildman–Crippen MR) is 77.0 cm³/mol.